The van der Waals surface area contributed by atoms with Crippen molar-refractivity contribution in [1.82, 2.24) is 9.78 Å². The number of hydrogen-bond acceptors (Lipinski definition) is 4. The second kappa shape index (κ2) is 7.68. The highest BCUT2D eigenvalue weighted by molar-refractivity contribution is 6.33. The molecule has 0 saturated carbocycles. The van der Waals surface area contributed by atoms with Crippen LogP contribution in [0.3, 0.4) is 0 Å². The van der Waals surface area contributed by atoms with Crippen molar-refractivity contribution in [1.29, 1.82) is 0 Å². The Labute approximate surface area is 161 Å². The summed E-state index contributed by atoms with van der Waals surface area (Å²) >= 11 is 12.5. The van der Waals surface area contributed by atoms with Gasteiger partial charge >= 0.3 is 0 Å². The highest BCUT2D eigenvalue weighted by Crippen LogP contribution is 2.28. The molecule has 8 heteroatoms. The highest BCUT2D eigenvalue weighted by atomic mass is 35.5. The summed E-state index contributed by atoms with van der Waals surface area (Å²) in [6, 6.07) is 5.28. The predicted molar refractivity (Wildman–Crippen MR) is 103 cm³/mol. The minimum absolute atomic E-state index is 0.108. The zero-order valence-electron chi connectivity index (χ0n) is 14.4. The quantitative estimate of drug-likeness (QED) is 0.863. The maximum Gasteiger partial charge on any atom is 0.292 e. The number of primary amides is 1. The first-order valence-corrected chi connectivity index (χ1v) is 9.20. The number of amides is 1. The Hall–Kier alpha value is -2.05. The first-order chi connectivity index (χ1) is 12.4. The molecule has 3 rings (SSSR count). The van der Waals surface area contributed by atoms with Crippen molar-refractivity contribution in [2.75, 3.05) is 18.0 Å². The molecule has 1 unspecified atom stereocenters. The van der Waals surface area contributed by atoms with Gasteiger partial charge in [-0.2, -0.15) is 9.78 Å². The van der Waals surface area contributed by atoms with Crippen LogP contribution in [0.25, 0.3) is 5.69 Å². The molecule has 0 bridgehead atoms. The molecule has 2 N–H and O–H groups in total. The molecule has 1 atom stereocenters. The summed E-state index contributed by atoms with van der Waals surface area (Å²) in [6.45, 7) is 3.28. The first-order valence-electron chi connectivity index (χ1n) is 8.44. The smallest absolute Gasteiger partial charge is 0.292 e. The molecule has 1 aromatic carbocycles. The average Bonchev–Trinajstić information content (AvgIpc) is 2.59. The Morgan fingerprint density at radius 1 is 1.38 bits per heavy atom. The van der Waals surface area contributed by atoms with E-state index < -0.39 is 5.56 Å². The van der Waals surface area contributed by atoms with Gasteiger partial charge in [0.1, 0.15) is 5.02 Å². The SMILES string of the molecule is Cc1ccc(-n2ncc(N3CCCC(CC(N)=O)C3)c(Cl)c2=O)cc1Cl. The Bertz CT molecular complexity index is 897. The van der Waals surface area contributed by atoms with Gasteiger partial charge in [-0.25, -0.2) is 0 Å². The van der Waals surface area contributed by atoms with Gasteiger partial charge in [-0.15, -0.1) is 0 Å². The lowest BCUT2D eigenvalue weighted by Gasteiger charge is -2.34. The number of hydrogen-bond donors (Lipinski definition) is 1. The Balaban J connectivity index is 1.91. The Morgan fingerprint density at radius 3 is 2.85 bits per heavy atom. The van der Waals surface area contributed by atoms with Gasteiger partial charge < -0.3 is 10.6 Å². The molecule has 6 nitrogen and oxygen atoms in total. The lowest BCUT2D eigenvalue weighted by Crippen LogP contribution is -2.38. The number of nitrogens with zero attached hydrogens (tertiary/aromatic N) is 3. The minimum atomic E-state index is -0.402. The van der Waals surface area contributed by atoms with Crippen LogP contribution in [0, 0.1) is 12.8 Å². The fourth-order valence-corrected chi connectivity index (χ4v) is 3.70. The van der Waals surface area contributed by atoms with Crippen LogP contribution in [0.4, 0.5) is 5.69 Å². The van der Waals surface area contributed by atoms with E-state index >= 15 is 0 Å². The van der Waals surface area contributed by atoms with Crippen molar-refractivity contribution < 1.29 is 4.79 Å². The van der Waals surface area contributed by atoms with Crippen LogP contribution in [0.5, 0.6) is 0 Å². The van der Waals surface area contributed by atoms with E-state index in [9.17, 15) is 9.59 Å². The van der Waals surface area contributed by atoms with E-state index in [1.165, 1.54) is 4.68 Å². The third-order valence-corrected chi connectivity index (χ3v) is 5.41. The second-order valence-corrected chi connectivity index (χ2v) is 7.40. The standard InChI is InChI=1S/C18H20Cl2N4O2/c1-11-4-5-13(8-14(11)19)24-18(26)17(20)15(9-22-24)23-6-2-3-12(10-23)7-16(21)25/h4-5,8-9,12H,2-3,6-7,10H2,1H3,(H2,21,25). The maximum atomic E-state index is 12.7. The van der Waals surface area contributed by atoms with Crippen molar-refractivity contribution in [2.24, 2.45) is 11.7 Å². The zero-order chi connectivity index (χ0) is 18.8. The van der Waals surface area contributed by atoms with Gasteiger partial charge in [0.15, 0.2) is 0 Å². The van der Waals surface area contributed by atoms with Crippen molar-refractivity contribution in [3.63, 3.8) is 0 Å². The Kier molecular flexibility index (Phi) is 5.53. The van der Waals surface area contributed by atoms with Crippen molar-refractivity contribution in [3.8, 4) is 5.69 Å². The molecule has 0 aliphatic carbocycles. The van der Waals surface area contributed by atoms with Crippen LogP contribution in [0.15, 0.2) is 29.2 Å². The molecule has 1 fully saturated rings. The summed E-state index contributed by atoms with van der Waals surface area (Å²) in [5.74, 6) is -0.150. The van der Waals surface area contributed by atoms with Crippen LogP contribution < -0.4 is 16.2 Å². The van der Waals surface area contributed by atoms with E-state index in [0.717, 1.165) is 24.9 Å². The number of carbonyl (C=O) groups is 1. The largest absolute Gasteiger partial charge is 0.370 e. The van der Waals surface area contributed by atoms with E-state index in [1.54, 1.807) is 18.3 Å². The molecule has 1 aromatic heterocycles. The number of carbonyl (C=O) groups excluding carboxylic acids is 1. The maximum absolute atomic E-state index is 12.7. The van der Waals surface area contributed by atoms with Crippen LogP contribution in [-0.4, -0.2) is 28.8 Å². The fourth-order valence-electron chi connectivity index (χ4n) is 3.28. The van der Waals surface area contributed by atoms with Gasteiger partial charge in [0.2, 0.25) is 5.91 Å². The van der Waals surface area contributed by atoms with Gasteiger partial charge in [0, 0.05) is 24.5 Å². The number of benzene rings is 1. The highest BCUT2D eigenvalue weighted by Gasteiger charge is 2.24. The zero-order valence-corrected chi connectivity index (χ0v) is 15.9. The summed E-state index contributed by atoms with van der Waals surface area (Å²) in [5, 5.41) is 4.93. The number of halogens is 2. The third kappa shape index (κ3) is 3.86. The van der Waals surface area contributed by atoms with Gasteiger partial charge in [-0.1, -0.05) is 29.3 Å². The van der Waals surface area contributed by atoms with Gasteiger partial charge in [-0.05, 0) is 43.4 Å². The number of aromatic nitrogens is 2. The van der Waals surface area contributed by atoms with Crippen molar-refractivity contribution >= 4 is 34.8 Å². The number of anilines is 1. The molecular formula is C18H20Cl2N4O2. The lowest BCUT2D eigenvalue weighted by atomic mass is 9.94. The summed E-state index contributed by atoms with van der Waals surface area (Å²) in [5.41, 5.74) is 6.97. The molecule has 1 aliphatic heterocycles. The van der Waals surface area contributed by atoms with Gasteiger partial charge in [0.25, 0.3) is 5.56 Å². The molecule has 138 valence electrons. The average molecular weight is 395 g/mol. The molecule has 1 amide bonds. The predicted octanol–water partition coefficient (Wildman–Crippen LogP) is 2.94. The molecule has 2 aromatic rings. The summed E-state index contributed by atoms with van der Waals surface area (Å²) < 4.78 is 1.24. The van der Waals surface area contributed by atoms with E-state index in [0.29, 0.717) is 29.4 Å². The van der Waals surface area contributed by atoms with Gasteiger partial charge in [-0.3, -0.25) is 9.59 Å². The monoisotopic (exact) mass is 394 g/mol. The summed E-state index contributed by atoms with van der Waals surface area (Å²) in [6.07, 6.45) is 3.76. The van der Waals surface area contributed by atoms with Crippen molar-refractivity contribution in [2.45, 2.75) is 26.2 Å². The number of rotatable bonds is 4. The van der Waals surface area contributed by atoms with Crippen LogP contribution in [0.1, 0.15) is 24.8 Å². The molecular weight excluding hydrogens is 375 g/mol. The number of aryl methyl sites for hydroxylation is 1. The molecule has 1 saturated heterocycles. The number of nitrogens with two attached hydrogens (primary N) is 1. The number of piperidine rings is 1. The molecule has 2 heterocycles. The van der Waals surface area contributed by atoms with Crippen molar-refractivity contribution in [3.05, 3.63) is 50.4 Å². The fraction of sp³-hybridized carbons (Fsp3) is 0.389. The van der Waals surface area contributed by atoms with E-state index in [2.05, 4.69) is 5.10 Å². The molecule has 26 heavy (non-hydrogen) atoms. The van der Waals surface area contributed by atoms with E-state index in [1.807, 2.05) is 17.9 Å². The minimum Gasteiger partial charge on any atom is -0.370 e. The Morgan fingerprint density at radius 2 is 2.15 bits per heavy atom. The van der Waals surface area contributed by atoms with Crippen LogP contribution in [-0.2, 0) is 4.79 Å². The summed E-state index contributed by atoms with van der Waals surface area (Å²) in [7, 11) is 0. The van der Waals surface area contributed by atoms with Gasteiger partial charge in [0.05, 0.1) is 17.6 Å². The topological polar surface area (TPSA) is 81.2 Å². The second-order valence-electron chi connectivity index (χ2n) is 6.62. The van der Waals surface area contributed by atoms with E-state index in [-0.39, 0.29) is 16.8 Å². The van der Waals surface area contributed by atoms with Crippen LogP contribution in [0.2, 0.25) is 10.0 Å². The van der Waals surface area contributed by atoms with E-state index in [4.69, 9.17) is 28.9 Å². The third-order valence-electron chi connectivity index (χ3n) is 4.65. The normalized spacial score (nSPS) is 17.3. The first kappa shape index (κ1) is 18.7. The molecule has 0 radical (unpaired) electrons. The summed E-state index contributed by atoms with van der Waals surface area (Å²) in [4.78, 5) is 25.9. The molecule has 0 spiro atoms. The van der Waals surface area contributed by atoms with Crippen LogP contribution >= 0.6 is 23.2 Å². The lowest BCUT2D eigenvalue weighted by molar-refractivity contribution is -0.118. The molecule has 1 aliphatic rings.